The van der Waals surface area contributed by atoms with Crippen molar-refractivity contribution in [3.8, 4) is 0 Å². The molecule has 5 rings (SSSR count). The Labute approximate surface area is 148 Å². The van der Waals surface area contributed by atoms with E-state index < -0.39 is 11.6 Å². The molecular formula is C21H25N3O. The molecule has 25 heavy (non-hydrogen) atoms. The fourth-order valence-electron chi connectivity index (χ4n) is 4.83. The van der Waals surface area contributed by atoms with E-state index in [4.69, 9.17) is 11.5 Å². The molecule has 2 aromatic rings. The Kier molecular flexibility index (Phi) is 4.10. The first-order valence-electron chi connectivity index (χ1n) is 9.05. The van der Waals surface area contributed by atoms with Crippen LogP contribution in [0.4, 0.5) is 0 Å². The minimum Gasteiger partial charge on any atom is -0.367 e. The summed E-state index contributed by atoms with van der Waals surface area (Å²) in [5.41, 5.74) is 13.7. The normalized spacial score (nSPS) is 31.2. The fourth-order valence-corrected chi connectivity index (χ4v) is 4.83. The first kappa shape index (κ1) is 16.3. The topological polar surface area (TPSA) is 72.3 Å². The number of hydrogen-bond donors (Lipinski definition) is 2. The van der Waals surface area contributed by atoms with E-state index in [1.54, 1.807) is 0 Å². The maximum absolute atomic E-state index is 12.2. The van der Waals surface area contributed by atoms with Crippen molar-refractivity contribution in [3.63, 3.8) is 0 Å². The highest BCUT2D eigenvalue weighted by molar-refractivity contribution is 5.84. The van der Waals surface area contributed by atoms with Gasteiger partial charge in [0.1, 0.15) is 5.66 Å². The lowest BCUT2D eigenvalue weighted by Gasteiger charge is -2.56. The van der Waals surface area contributed by atoms with Crippen molar-refractivity contribution in [2.75, 3.05) is 6.54 Å². The van der Waals surface area contributed by atoms with Crippen LogP contribution < -0.4 is 11.5 Å². The van der Waals surface area contributed by atoms with Crippen LogP contribution >= 0.6 is 0 Å². The largest absolute Gasteiger partial charge is 0.367 e. The SMILES string of the molecule is NC(=O)C1(N)CC2CCN1C(C(c1ccccc1)c1ccccc1)C2. The van der Waals surface area contributed by atoms with Crippen molar-refractivity contribution in [3.05, 3.63) is 71.8 Å². The van der Waals surface area contributed by atoms with E-state index >= 15 is 0 Å². The van der Waals surface area contributed by atoms with Crippen molar-refractivity contribution < 1.29 is 4.79 Å². The summed E-state index contributed by atoms with van der Waals surface area (Å²) in [6.07, 6.45) is 2.83. The van der Waals surface area contributed by atoms with Gasteiger partial charge in [-0.3, -0.25) is 9.69 Å². The molecule has 3 aliphatic heterocycles. The lowest BCUT2D eigenvalue weighted by Crippen LogP contribution is -2.73. The molecule has 3 fully saturated rings. The van der Waals surface area contributed by atoms with Crippen molar-refractivity contribution >= 4 is 5.91 Å². The number of amides is 1. The molecule has 3 heterocycles. The number of primary amides is 1. The number of carbonyl (C=O) groups excluding carboxylic acids is 1. The van der Waals surface area contributed by atoms with Crippen LogP contribution in [-0.2, 0) is 4.79 Å². The standard InChI is InChI=1S/C21H25N3O/c22-20(25)21(23)14-15-11-12-24(21)18(13-15)19(16-7-3-1-4-8-16)17-9-5-2-6-10-17/h1-10,15,18-19H,11-14,23H2,(H2,22,25). The predicted octanol–water partition coefficient (Wildman–Crippen LogP) is 2.44. The molecule has 4 nitrogen and oxygen atoms in total. The third-order valence-electron chi connectivity index (χ3n) is 5.99. The van der Waals surface area contributed by atoms with Gasteiger partial charge in [-0.15, -0.1) is 0 Å². The summed E-state index contributed by atoms with van der Waals surface area (Å²) >= 11 is 0. The van der Waals surface area contributed by atoms with E-state index in [1.807, 2.05) is 12.1 Å². The zero-order chi connectivity index (χ0) is 17.4. The van der Waals surface area contributed by atoms with Gasteiger partial charge in [-0.25, -0.2) is 0 Å². The zero-order valence-electron chi connectivity index (χ0n) is 14.3. The maximum Gasteiger partial charge on any atom is 0.252 e. The molecule has 3 aliphatic rings. The van der Waals surface area contributed by atoms with Crippen molar-refractivity contribution in [1.82, 2.24) is 4.90 Å². The van der Waals surface area contributed by atoms with Gasteiger partial charge < -0.3 is 11.5 Å². The molecule has 0 spiro atoms. The molecule has 1 amide bonds. The Morgan fingerprint density at radius 2 is 1.60 bits per heavy atom. The molecule has 0 radical (unpaired) electrons. The lowest BCUT2D eigenvalue weighted by atomic mass is 9.69. The number of piperidine rings is 3. The highest BCUT2D eigenvalue weighted by atomic mass is 16.2. The summed E-state index contributed by atoms with van der Waals surface area (Å²) in [6, 6.07) is 21.2. The van der Waals surface area contributed by atoms with Gasteiger partial charge in [-0.1, -0.05) is 60.7 Å². The minimum absolute atomic E-state index is 0.188. The van der Waals surface area contributed by atoms with E-state index in [1.165, 1.54) is 11.1 Å². The first-order chi connectivity index (χ1) is 12.1. The second kappa shape index (κ2) is 6.28. The molecule has 0 saturated carbocycles. The third-order valence-corrected chi connectivity index (χ3v) is 5.99. The van der Waals surface area contributed by atoms with Gasteiger partial charge in [-0.05, 0) is 36.3 Å². The number of nitrogens with two attached hydrogens (primary N) is 2. The van der Waals surface area contributed by atoms with E-state index in [2.05, 4.69) is 53.4 Å². The van der Waals surface area contributed by atoms with E-state index in [0.29, 0.717) is 12.3 Å². The molecule has 3 saturated heterocycles. The fraction of sp³-hybridized carbons (Fsp3) is 0.381. The quantitative estimate of drug-likeness (QED) is 0.901. The molecule has 0 aliphatic carbocycles. The average Bonchev–Trinajstić information content (AvgIpc) is 2.64. The number of rotatable bonds is 4. The third kappa shape index (κ3) is 2.75. The van der Waals surface area contributed by atoms with Crippen LogP contribution in [0.15, 0.2) is 60.7 Å². The van der Waals surface area contributed by atoms with Crippen LogP contribution in [0.5, 0.6) is 0 Å². The second-order valence-corrected chi connectivity index (χ2v) is 7.44. The monoisotopic (exact) mass is 335 g/mol. The lowest BCUT2D eigenvalue weighted by molar-refractivity contribution is -0.144. The Hall–Kier alpha value is -2.17. The van der Waals surface area contributed by atoms with Gasteiger partial charge in [0, 0.05) is 18.5 Å². The summed E-state index contributed by atoms with van der Waals surface area (Å²) in [6.45, 7) is 0.838. The molecule has 4 atom stereocenters. The highest BCUT2D eigenvalue weighted by Gasteiger charge is 2.53. The molecule has 4 N–H and O–H groups in total. The summed E-state index contributed by atoms with van der Waals surface area (Å²) in [4.78, 5) is 14.3. The van der Waals surface area contributed by atoms with E-state index in [-0.39, 0.29) is 12.0 Å². The predicted molar refractivity (Wildman–Crippen MR) is 98.7 cm³/mol. The minimum atomic E-state index is -1.02. The van der Waals surface area contributed by atoms with Gasteiger partial charge >= 0.3 is 0 Å². The Morgan fingerprint density at radius 1 is 1.04 bits per heavy atom. The Balaban J connectivity index is 1.79. The van der Waals surface area contributed by atoms with Gasteiger partial charge in [0.2, 0.25) is 0 Å². The molecular weight excluding hydrogens is 310 g/mol. The Bertz CT molecular complexity index is 709. The smallest absolute Gasteiger partial charge is 0.252 e. The maximum atomic E-state index is 12.2. The van der Waals surface area contributed by atoms with Crippen molar-refractivity contribution in [2.24, 2.45) is 17.4 Å². The van der Waals surface area contributed by atoms with E-state index in [9.17, 15) is 4.79 Å². The van der Waals surface area contributed by atoms with Crippen LogP contribution in [0, 0.1) is 5.92 Å². The molecule has 130 valence electrons. The van der Waals surface area contributed by atoms with Gasteiger partial charge in [0.25, 0.3) is 5.91 Å². The van der Waals surface area contributed by atoms with Gasteiger partial charge in [-0.2, -0.15) is 0 Å². The number of hydrogen-bond acceptors (Lipinski definition) is 3. The van der Waals surface area contributed by atoms with Crippen LogP contribution in [0.25, 0.3) is 0 Å². The van der Waals surface area contributed by atoms with Crippen LogP contribution in [-0.4, -0.2) is 29.1 Å². The average molecular weight is 335 g/mol. The summed E-state index contributed by atoms with van der Waals surface area (Å²) in [5, 5.41) is 0. The van der Waals surface area contributed by atoms with Crippen LogP contribution in [0.2, 0.25) is 0 Å². The summed E-state index contributed by atoms with van der Waals surface area (Å²) in [5.74, 6) is 0.247. The molecule has 4 unspecified atom stereocenters. The molecule has 2 aromatic carbocycles. The summed E-state index contributed by atoms with van der Waals surface area (Å²) in [7, 11) is 0. The molecule has 0 aromatic heterocycles. The van der Waals surface area contributed by atoms with Gasteiger partial charge in [0.05, 0.1) is 0 Å². The number of benzene rings is 2. The number of carbonyl (C=O) groups is 1. The zero-order valence-corrected chi connectivity index (χ0v) is 14.3. The first-order valence-corrected chi connectivity index (χ1v) is 9.05. The van der Waals surface area contributed by atoms with Crippen molar-refractivity contribution in [1.29, 1.82) is 0 Å². The van der Waals surface area contributed by atoms with Crippen LogP contribution in [0.1, 0.15) is 36.3 Å². The Morgan fingerprint density at radius 3 is 2.08 bits per heavy atom. The van der Waals surface area contributed by atoms with Crippen LogP contribution in [0.3, 0.4) is 0 Å². The summed E-state index contributed by atoms with van der Waals surface area (Å²) < 4.78 is 0. The molecule has 4 heteroatoms. The van der Waals surface area contributed by atoms with E-state index in [0.717, 1.165) is 19.4 Å². The number of fused-ring (bicyclic) bond motifs is 3. The molecule has 2 bridgehead atoms. The highest BCUT2D eigenvalue weighted by Crippen LogP contribution is 2.46. The second-order valence-electron chi connectivity index (χ2n) is 7.44. The van der Waals surface area contributed by atoms with Crippen molar-refractivity contribution in [2.45, 2.75) is 36.9 Å². The van der Waals surface area contributed by atoms with Gasteiger partial charge in [0.15, 0.2) is 0 Å². The number of nitrogens with zero attached hydrogens (tertiary/aromatic N) is 1.